The van der Waals surface area contributed by atoms with Crippen LogP contribution in [0.5, 0.6) is 0 Å². The predicted molar refractivity (Wildman–Crippen MR) is 114 cm³/mol. The van der Waals surface area contributed by atoms with E-state index in [0.717, 1.165) is 29.1 Å². The summed E-state index contributed by atoms with van der Waals surface area (Å²) in [5.74, 6) is -0.694. The standard InChI is InChI=1S/C23H32N2O6/c1-23(2,3)17-12-16(11-15-7-5-4-6-8-15)13-19(17)31-22(30)25-10-9-24(21(28)29)14-18(25)20(26)27/h4-8,16-19H,9-14H2,1-3H3,(H,26,27)(H,28,29)/t16?,17?,18-,19?/m0/s1. The van der Waals surface area contributed by atoms with Gasteiger partial charge >= 0.3 is 18.2 Å². The topological polar surface area (TPSA) is 107 Å². The molecule has 1 aromatic carbocycles. The second kappa shape index (κ2) is 9.16. The number of benzene rings is 1. The Kier molecular flexibility index (Phi) is 6.77. The van der Waals surface area contributed by atoms with E-state index >= 15 is 0 Å². The molecule has 0 aromatic heterocycles. The number of hydrogen-bond donors (Lipinski definition) is 2. The van der Waals surface area contributed by atoms with Gasteiger partial charge in [0, 0.05) is 19.0 Å². The van der Waals surface area contributed by atoms with Crippen molar-refractivity contribution in [2.24, 2.45) is 17.3 Å². The number of piperazine rings is 1. The molecule has 0 spiro atoms. The van der Waals surface area contributed by atoms with E-state index in [1.165, 1.54) is 5.56 Å². The molecule has 4 atom stereocenters. The van der Waals surface area contributed by atoms with Gasteiger partial charge in [0.2, 0.25) is 0 Å². The van der Waals surface area contributed by atoms with Crippen LogP contribution in [0.2, 0.25) is 0 Å². The second-order valence-corrected chi connectivity index (χ2v) is 9.70. The zero-order chi connectivity index (χ0) is 22.8. The van der Waals surface area contributed by atoms with Crippen molar-refractivity contribution in [3.63, 3.8) is 0 Å². The number of carboxylic acid groups (broad SMARTS) is 2. The smallest absolute Gasteiger partial charge is 0.410 e. The molecule has 1 aliphatic heterocycles. The van der Waals surface area contributed by atoms with Crippen molar-refractivity contribution >= 4 is 18.2 Å². The van der Waals surface area contributed by atoms with Crippen LogP contribution in [0.15, 0.2) is 30.3 Å². The third kappa shape index (κ3) is 5.48. The quantitative estimate of drug-likeness (QED) is 0.753. The highest BCUT2D eigenvalue weighted by Gasteiger charge is 2.45. The molecule has 31 heavy (non-hydrogen) atoms. The maximum absolute atomic E-state index is 13.0. The molecule has 0 radical (unpaired) electrons. The molecule has 1 heterocycles. The lowest BCUT2D eigenvalue weighted by atomic mass is 9.78. The highest BCUT2D eigenvalue weighted by molar-refractivity contribution is 5.81. The molecule has 1 saturated heterocycles. The normalized spacial score (nSPS) is 26.5. The van der Waals surface area contributed by atoms with Gasteiger partial charge in [-0.15, -0.1) is 0 Å². The Hall–Kier alpha value is -2.77. The number of carboxylic acids is 1. The van der Waals surface area contributed by atoms with E-state index in [1.54, 1.807) is 0 Å². The molecule has 2 aliphatic rings. The van der Waals surface area contributed by atoms with Gasteiger partial charge in [-0.3, -0.25) is 4.90 Å². The maximum Gasteiger partial charge on any atom is 0.410 e. The van der Waals surface area contributed by atoms with Gasteiger partial charge in [0.25, 0.3) is 0 Å². The van der Waals surface area contributed by atoms with Crippen molar-refractivity contribution in [1.29, 1.82) is 0 Å². The van der Waals surface area contributed by atoms with Gasteiger partial charge in [-0.05, 0) is 36.2 Å². The summed E-state index contributed by atoms with van der Waals surface area (Å²) in [5, 5.41) is 18.7. The minimum Gasteiger partial charge on any atom is -0.480 e. The van der Waals surface area contributed by atoms with Gasteiger partial charge in [0.1, 0.15) is 6.10 Å². The molecule has 170 valence electrons. The summed E-state index contributed by atoms with van der Waals surface area (Å²) in [6, 6.07) is 8.99. The number of nitrogens with zero attached hydrogens (tertiary/aromatic N) is 2. The average molecular weight is 433 g/mol. The van der Waals surface area contributed by atoms with Crippen LogP contribution in [-0.2, 0) is 16.0 Å². The van der Waals surface area contributed by atoms with E-state index in [9.17, 15) is 19.5 Å². The number of carbonyl (C=O) groups excluding carboxylic acids is 1. The van der Waals surface area contributed by atoms with Crippen LogP contribution in [0.3, 0.4) is 0 Å². The zero-order valence-corrected chi connectivity index (χ0v) is 18.4. The Morgan fingerprint density at radius 2 is 1.74 bits per heavy atom. The molecule has 8 nitrogen and oxygen atoms in total. The Morgan fingerprint density at radius 1 is 1.06 bits per heavy atom. The Balaban J connectivity index is 1.70. The number of hydrogen-bond acceptors (Lipinski definition) is 4. The first-order chi connectivity index (χ1) is 14.6. The number of carbonyl (C=O) groups is 3. The SMILES string of the molecule is CC(C)(C)C1CC(Cc2ccccc2)CC1OC(=O)N1CCN(C(=O)O)C[C@H]1C(=O)O. The van der Waals surface area contributed by atoms with E-state index in [-0.39, 0.29) is 37.1 Å². The summed E-state index contributed by atoms with van der Waals surface area (Å²) >= 11 is 0. The van der Waals surface area contributed by atoms with E-state index in [1.807, 2.05) is 18.2 Å². The summed E-state index contributed by atoms with van der Waals surface area (Å²) < 4.78 is 5.89. The molecule has 3 rings (SSSR count). The fraction of sp³-hybridized carbons (Fsp3) is 0.609. The minimum absolute atomic E-state index is 0.00243. The molecule has 3 unspecified atom stereocenters. The summed E-state index contributed by atoms with van der Waals surface area (Å²) in [5.41, 5.74) is 1.19. The molecule has 1 aliphatic carbocycles. The van der Waals surface area contributed by atoms with Gasteiger partial charge in [0.05, 0.1) is 6.54 Å². The van der Waals surface area contributed by atoms with Crippen LogP contribution in [-0.4, -0.2) is 69.9 Å². The van der Waals surface area contributed by atoms with Crippen LogP contribution in [0.4, 0.5) is 9.59 Å². The van der Waals surface area contributed by atoms with Gasteiger partial charge < -0.3 is 19.8 Å². The summed E-state index contributed by atoms with van der Waals surface area (Å²) in [6.07, 6.45) is 0.425. The predicted octanol–water partition coefficient (Wildman–Crippen LogP) is 3.56. The Morgan fingerprint density at radius 3 is 2.32 bits per heavy atom. The fourth-order valence-electron chi connectivity index (χ4n) is 4.84. The van der Waals surface area contributed by atoms with Gasteiger partial charge in [-0.25, -0.2) is 14.4 Å². The van der Waals surface area contributed by atoms with Gasteiger partial charge in [0.15, 0.2) is 6.04 Å². The highest BCUT2D eigenvalue weighted by atomic mass is 16.6. The fourth-order valence-corrected chi connectivity index (χ4v) is 4.84. The minimum atomic E-state index is -1.24. The summed E-state index contributed by atoms with van der Waals surface area (Å²) in [7, 11) is 0. The molecule has 0 bridgehead atoms. The molecule has 8 heteroatoms. The average Bonchev–Trinajstić information content (AvgIpc) is 3.10. The first kappa shape index (κ1) is 22.9. The second-order valence-electron chi connectivity index (χ2n) is 9.70. The molecule has 1 saturated carbocycles. The van der Waals surface area contributed by atoms with E-state index in [0.29, 0.717) is 5.92 Å². The van der Waals surface area contributed by atoms with Crippen LogP contribution >= 0.6 is 0 Å². The molecule has 1 aromatic rings. The number of rotatable bonds is 4. The molecule has 2 N–H and O–H groups in total. The third-order valence-electron chi connectivity index (χ3n) is 6.50. The number of aliphatic carboxylic acids is 1. The Labute approximate surface area is 182 Å². The van der Waals surface area contributed by atoms with Crippen LogP contribution in [0.25, 0.3) is 0 Å². The van der Waals surface area contributed by atoms with Crippen molar-refractivity contribution in [3.05, 3.63) is 35.9 Å². The van der Waals surface area contributed by atoms with Gasteiger partial charge in [-0.2, -0.15) is 0 Å². The monoisotopic (exact) mass is 432 g/mol. The maximum atomic E-state index is 13.0. The highest BCUT2D eigenvalue weighted by Crippen LogP contribution is 2.45. The zero-order valence-electron chi connectivity index (χ0n) is 18.4. The van der Waals surface area contributed by atoms with E-state index in [2.05, 4.69) is 32.9 Å². The van der Waals surface area contributed by atoms with Crippen molar-refractivity contribution in [3.8, 4) is 0 Å². The van der Waals surface area contributed by atoms with Crippen LogP contribution < -0.4 is 0 Å². The third-order valence-corrected chi connectivity index (χ3v) is 6.50. The van der Waals surface area contributed by atoms with Crippen LogP contribution in [0, 0.1) is 17.3 Å². The first-order valence-electron chi connectivity index (χ1n) is 10.8. The molecular weight excluding hydrogens is 400 g/mol. The lowest BCUT2D eigenvalue weighted by Crippen LogP contribution is -2.59. The number of amides is 2. The number of ether oxygens (including phenoxy) is 1. The van der Waals surface area contributed by atoms with Crippen molar-refractivity contribution in [1.82, 2.24) is 9.80 Å². The van der Waals surface area contributed by atoms with E-state index < -0.39 is 24.2 Å². The van der Waals surface area contributed by atoms with Crippen molar-refractivity contribution in [2.75, 3.05) is 19.6 Å². The molecule has 2 amide bonds. The van der Waals surface area contributed by atoms with Crippen molar-refractivity contribution < 1.29 is 29.3 Å². The molecular formula is C23H32N2O6. The van der Waals surface area contributed by atoms with E-state index in [4.69, 9.17) is 9.84 Å². The van der Waals surface area contributed by atoms with Crippen molar-refractivity contribution in [2.45, 2.75) is 52.2 Å². The lowest BCUT2D eigenvalue weighted by molar-refractivity contribution is -0.145. The summed E-state index contributed by atoms with van der Waals surface area (Å²) in [4.78, 5) is 38.0. The Bertz CT molecular complexity index is 806. The van der Waals surface area contributed by atoms with Crippen LogP contribution in [0.1, 0.15) is 39.2 Å². The summed E-state index contributed by atoms with van der Waals surface area (Å²) in [6.45, 7) is 6.21. The first-order valence-corrected chi connectivity index (χ1v) is 10.8. The largest absolute Gasteiger partial charge is 0.480 e. The van der Waals surface area contributed by atoms with Gasteiger partial charge in [-0.1, -0.05) is 51.1 Å². The molecule has 2 fully saturated rings. The lowest BCUT2D eigenvalue weighted by Gasteiger charge is -2.39.